The molecule has 2 aromatic carbocycles. The molecule has 0 spiro atoms. The summed E-state index contributed by atoms with van der Waals surface area (Å²) in [4.78, 5) is 18.6. The molecule has 0 aliphatic heterocycles. The van der Waals surface area contributed by atoms with Gasteiger partial charge in [-0.15, -0.1) is 11.8 Å². The minimum absolute atomic E-state index is 0.162. The van der Waals surface area contributed by atoms with Crippen molar-refractivity contribution in [3.05, 3.63) is 83.8 Å². The minimum Gasteiger partial charge on any atom is -0.496 e. The fourth-order valence-corrected chi connectivity index (χ4v) is 4.42. The van der Waals surface area contributed by atoms with Gasteiger partial charge in [-0.25, -0.2) is 4.98 Å². The lowest BCUT2D eigenvalue weighted by atomic mass is 10.1. The van der Waals surface area contributed by atoms with Crippen molar-refractivity contribution >= 4 is 23.3 Å². The van der Waals surface area contributed by atoms with Gasteiger partial charge in [0.1, 0.15) is 11.4 Å². The first kappa shape index (κ1) is 22.5. The Morgan fingerprint density at radius 2 is 1.70 bits per heavy atom. The number of pyridine rings is 1. The molecule has 8 heteroatoms. The molecule has 2 aromatic heterocycles. The van der Waals surface area contributed by atoms with Gasteiger partial charge in [0.2, 0.25) is 0 Å². The standard InChI is InChI=1S/C25H25N3O4S/c1-30-20-13-22(32-3)21(31-2)12-17(20)14-26-25(29)19-8-4-5-9-23(19)33-16-18-15-28-11-7-6-10-24(28)27-18/h4-13,15H,14,16H2,1-3H3,(H,26,29). The molecule has 0 atom stereocenters. The normalized spacial score (nSPS) is 10.8. The molecule has 0 saturated carbocycles. The zero-order valence-corrected chi connectivity index (χ0v) is 19.5. The molecule has 1 amide bonds. The number of thioether (sulfide) groups is 1. The van der Waals surface area contributed by atoms with Crippen LogP contribution in [0.5, 0.6) is 17.2 Å². The predicted molar refractivity (Wildman–Crippen MR) is 128 cm³/mol. The molecule has 0 aliphatic rings. The highest BCUT2D eigenvalue weighted by molar-refractivity contribution is 7.98. The van der Waals surface area contributed by atoms with Gasteiger partial charge in [-0.3, -0.25) is 4.79 Å². The number of nitrogens with zero attached hydrogens (tertiary/aromatic N) is 2. The Morgan fingerprint density at radius 3 is 2.45 bits per heavy atom. The number of nitrogens with one attached hydrogen (secondary N) is 1. The molecular weight excluding hydrogens is 438 g/mol. The van der Waals surface area contributed by atoms with Crippen LogP contribution >= 0.6 is 11.8 Å². The number of amides is 1. The largest absolute Gasteiger partial charge is 0.496 e. The lowest BCUT2D eigenvalue weighted by molar-refractivity contribution is 0.0947. The number of hydrogen-bond donors (Lipinski definition) is 1. The van der Waals surface area contributed by atoms with E-state index in [-0.39, 0.29) is 12.5 Å². The van der Waals surface area contributed by atoms with Gasteiger partial charge >= 0.3 is 0 Å². The summed E-state index contributed by atoms with van der Waals surface area (Å²) in [5.41, 5.74) is 3.27. The molecule has 4 rings (SSSR count). The van der Waals surface area contributed by atoms with Crippen LogP contribution in [0, 0.1) is 0 Å². The topological polar surface area (TPSA) is 74.1 Å². The van der Waals surface area contributed by atoms with Crippen molar-refractivity contribution < 1.29 is 19.0 Å². The van der Waals surface area contributed by atoms with Crippen LogP contribution in [0.15, 0.2) is 71.9 Å². The summed E-state index contributed by atoms with van der Waals surface area (Å²) in [6, 6.07) is 17.0. The van der Waals surface area contributed by atoms with Crippen molar-refractivity contribution in [3.8, 4) is 17.2 Å². The molecule has 0 unspecified atom stereocenters. The number of rotatable bonds is 9. The lowest BCUT2D eigenvalue weighted by Crippen LogP contribution is -2.23. The number of methoxy groups -OCH3 is 3. The van der Waals surface area contributed by atoms with Gasteiger partial charge in [-0.1, -0.05) is 18.2 Å². The van der Waals surface area contributed by atoms with Crippen LogP contribution in [0.3, 0.4) is 0 Å². The smallest absolute Gasteiger partial charge is 0.252 e. The van der Waals surface area contributed by atoms with Crippen LogP contribution in [0.1, 0.15) is 21.6 Å². The zero-order chi connectivity index (χ0) is 23.2. The van der Waals surface area contributed by atoms with Crippen LogP contribution in [0.25, 0.3) is 5.65 Å². The third-order valence-electron chi connectivity index (χ3n) is 5.15. The van der Waals surface area contributed by atoms with Crippen molar-refractivity contribution in [2.45, 2.75) is 17.2 Å². The average Bonchev–Trinajstić information content (AvgIpc) is 3.28. The van der Waals surface area contributed by atoms with Gasteiger partial charge in [0, 0.05) is 41.2 Å². The maximum Gasteiger partial charge on any atom is 0.252 e. The first-order valence-corrected chi connectivity index (χ1v) is 11.3. The highest BCUT2D eigenvalue weighted by atomic mass is 32.2. The van der Waals surface area contributed by atoms with Crippen LogP contribution in [-0.2, 0) is 12.3 Å². The van der Waals surface area contributed by atoms with E-state index in [2.05, 4.69) is 10.3 Å². The summed E-state index contributed by atoms with van der Waals surface area (Å²) in [5, 5.41) is 2.99. The Balaban J connectivity index is 1.47. The van der Waals surface area contributed by atoms with E-state index in [0.29, 0.717) is 28.6 Å². The third-order valence-corrected chi connectivity index (χ3v) is 6.25. The molecule has 33 heavy (non-hydrogen) atoms. The number of imidazole rings is 1. The van der Waals surface area contributed by atoms with Crippen molar-refractivity contribution in [3.63, 3.8) is 0 Å². The van der Waals surface area contributed by atoms with Gasteiger partial charge in [0.25, 0.3) is 5.91 Å². The van der Waals surface area contributed by atoms with Gasteiger partial charge < -0.3 is 23.9 Å². The van der Waals surface area contributed by atoms with Crippen molar-refractivity contribution in [2.24, 2.45) is 0 Å². The number of benzene rings is 2. The number of aromatic nitrogens is 2. The third kappa shape index (κ3) is 5.06. The Hall–Kier alpha value is -3.65. The summed E-state index contributed by atoms with van der Waals surface area (Å²) in [7, 11) is 4.72. The Morgan fingerprint density at radius 1 is 0.970 bits per heavy atom. The molecule has 0 saturated heterocycles. The van der Waals surface area contributed by atoms with Crippen LogP contribution < -0.4 is 19.5 Å². The monoisotopic (exact) mass is 463 g/mol. The van der Waals surface area contributed by atoms with Crippen LogP contribution in [0.4, 0.5) is 0 Å². The molecule has 4 aromatic rings. The quantitative estimate of drug-likeness (QED) is 0.366. The maximum absolute atomic E-state index is 13.0. The Kier molecular flexibility index (Phi) is 7.04. The zero-order valence-electron chi connectivity index (χ0n) is 18.7. The molecule has 1 N–H and O–H groups in total. The summed E-state index contributed by atoms with van der Waals surface area (Å²) in [6.45, 7) is 0.286. The summed E-state index contributed by atoms with van der Waals surface area (Å²) < 4.78 is 18.2. The number of ether oxygens (including phenoxy) is 3. The number of carbonyl (C=O) groups excluding carboxylic acids is 1. The number of hydrogen-bond acceptors (Lipinski definition) is 6. The SMILES string of the molecule is COc1cc(OC)c(OC)cc1CNC(=O)c1ccccc1SCc1cn2ccccc2n1. The first-order chi connectivity index (χ1) is 16.1. The molecular formula is C25H25N3O4S. The van der Waals surface area contributed by atoms with Crippen molar-refractivity contribution in [2.75, 3.05) is 21.3 Å². The second kappa shape index (κ2) is 10.3. The van der Waals surface area contributed by atoms with E-state index in [1.165, 1.54) is 0 Å². The van der Waals surface area contributed by atoms with Crippen LogP contribution in [-0.4, -0.2) is 36.6 Å². The van der Waals surface area contributed by atoms with E-state index in [1.54, 1.807) is 39.2 Å². The number of fused-ring (bicyclic) bond motifs is 1. The molecule has 0 aliphatic carbocycles. The van der Waals surface area contributed by atoms with Gasteiger partial charge in [0.05, 0.1) is 32.6 Å². The second-order valence-electron chi connectivity index (χ2n) is 7.18. The predicted octanol–water partition coefficient (Wildman–Crippen LogP) is 4.58. The van der Waals surface area contributed by atoms with E-state index >= 15 is 0 Å². The van der Waals surface area contributed by atoms with E-state index in [4.69, 9.17) is 14.2 Å². The highest BCUT2D eigenvalue weighted by Crippen LogP contribution is 2.34. The number of carbonyl (C=O) groups is 1. The fourth-order valence-electron chi connectivity index (χ4n) is 3.49. The van der Waals surface area contributed by atoms with E-state index in [0.717, 1.165) is 21.8 Å². The van der Waals surface area contributed by atoms with E-state index < -0.39 is 0 Å². The molecule has 7 nitrogen and oxygen atoms in total. The minimum atomic E-state index is -0.162. The molecule has 170 valence electrons. The average molecular weight is 464 g/mol. The maximum atomic E-state index is 13.0. The fraction of sp³-hybridized carbons (Fsp3) is 0.200. The van der Waals surface area contributed by atoms with Gasteiger partial charge in [0.15, 0.2) is 11.5 Å². The summed E-state index contributed by atoms with van der Waals surface area (Å²) in [5.74, 6) is 2.26. The highest BCUT2D eigenvalue weighted by Gasteiger charge is 2.15. The van der Waals surface area contributed by atoms with Crippen LogP contribution in [0.2, 0.25) is 0 Å². The molecule has 2 heterocycles. The molecule has 0 fully saturated rings. The van der Waals surface area contributed by atoms with Crippen molar-refractivity contribution in [1.82, 2.24) is 14.7 Å². The van der Waals surface area contributed by atoms with E-state index in [1.807, 2.05) is 65.3 Å². The van der Waals surface area contributed by atoms with E-state index in [9.17, 15) is 4.79 Å². The Bertz CT molecular complexity index is 1240. The van der Waals surface area contributed by atoms with Gasteiger partial charge in [-0.05, 0) is 30.3 Å². The Labute approximate surface area is 196 Å². The molecule has 0 radical (unpaired) electrons. The molecule has 0 bridgehead atoms. The van der Waals surface area contributed by atoms with Gasteiger partial charge in [-0.2, -0.15) is 0 Å². The second-order valence-corrected chi connectivity index (χ2v) is 8.20. The first-order valence-electron chi connectivity index (χ1n) is 10.3. The summed E-state index contributed by atoms with van der Waals surface area (Å²) in [6.07, 6.45) is 3.98. The summed E-state index contributed by atoms with van der Waals surface area (Å²) >= 11 is 1.59. The lowest BCUT2D eigenvalue weighted by Gasteiger charge is -2.15. The van der Waals surface area contributed by atoms with Crippen molar-refractivity contribution in [1.29, 1.82) is 0 Å².